The molecule has 3 rings (SSSR count). The largest absolute Gasteiger partial charge is 0.311 e. The van der Waals surface area contributed by atoms with Crippen LogP contribution >= 0.6 is 0 Å². The number of aromatic amines is 1. The lowest BCUT2D eigenvalue weighted by molar-refractivity contribution is 0.213. The normalized spacial score (nSPS) is 18.9. The van der Waals surface area contributed by atoms with Gasteiger partial charge in [0.25, 0.3) is 5.56 Å². The van der Waals surface area contributed by atoms with Crippen molar-refractivity contribution in [1.82, 2.24) is 24.6 Å². The smallest absolute Gasteiger partial charge is 0.279 e. The molecule has 6 nitrogen and oxygen atoms in total. The molecule has 0 spiro atoms. The maximum Gasteiger partial charge on any atom is 0.279 e. The van der Waals surface area contributed by atoms with Gasteiger partial charge in [-0.2, -0.15) is 5.10 Å². The average molecular weight is 233 g/mol. The van der Waals surface area contributed by atoms with Gasteiger partial charge in [0.15, 0.2) is 5.52 Å². The van der Waals surface area contributed by atoms with Gasteiger partial charge in [-0.25, -0.2) is 4.98 Å². The third kappa shape index (κ3) is 1.84. The fourth-order valence-corrected chi connectivity index (χ4v) is 2.31. The number of piperidine rings is 1. The van der Waals surface area contributed by atoms with Gasteiger partial charge in [-0.05, 0) is 33.0 Å². The monoisotopic (exact) mass is 233 g/mol. The van der Waals surface area contributed by atoms with Gasteiger partial charge < -0.3 is 9.88 Å². The van der Waals surface area contributed by atoms with E-state index in [0.29, 0.717) is 17.1 Å². The Kier molecular flexibility index (Phi) is 2.44. The molecular weight excluding hydrogens is 218 g/mol. The molecule has 1 saturated heterocycles. The molecule has 1 aliphatic rings. The van der Waals surface area contributed by atoms with E-state index in [1.165, 1.54) is 6.33 Å². The van der Waals surface area contributed by atoms with Gasteiger partial charge >= 0.3 is 0 Å². The van der Waals surface area contributed by atoms with E-state index in [4.69, 9.17) is 0 Å². The third-order valence-corrected chi connectivity index (χ3v) is 3.39. The summed E-state index contributed by atoms with van der Waals surface area (Å²) in [5.41, 5.74) is 0.945. The number of likely N-dealkylation sites (tertiary alicyclic amines) is 1. The second-order valence-electron chi connectivity index (χ2n) is 4.61. The summed E-state index contributed by atoms with van der Waals surface area (Å²) in [5, 5.41) is 4.35. The van der Waals surface area contributed by atoms with Gasteiger partial charge in [-0.3, -0.25) is 9.48 Å². The van der Waals surface area contributed by atoms with Crippen molar-refractivity contribution in [1.29, 1.82) is 0 Å². The van der Waals surface area contributed by atoms with Crippen molar-refractivity contribution >= 4 is 11.0 Å². The minimum absolute atomic E-state index is 0.165. The first-order valence-corrected chi connectivity index (χ1v) is 5.85. The van der Waals surface area contributed by atoms with Crippen LogP contribution < -0.4 is 5.56 Å². The van der Waals surface area contributed by atoms with E-state index >= 15 is 0 Å². The van der Waals surface area contributed by atoms with E-state index < -0.39 is 0 Å². The Balaban J connectivity index is 1.96. The highest BCUT2D eigenvalue weighted by Crippen LogP contribution is 2.21. The van der Waals surface area contributed by atoms with Gasteiger partial charge in [-0.1, -0.05) is 0 Å². The predicted molar refractivity (Wildman–Crippen MR) is 63.9 cm³/mol. The quantitative estimate of drug-likeness (QED) is 0.773. The van der Waals surface area contributed by atoms with Crippen LogP contribution in [0.4, 0.5) is 0 Å². The Morgan fingerprint density at radius 3 is 2.88 bits per heavy atom. The topological polar surface area (TPSA) is 66.8 Å². The van der Waals surface area contributed by atoms with Crippen molar-refractivity contribution in [3.8, 4) is 0 Å². The molecule has 0 saturated carbocycles. The zero-order valence-corrected chi connectivity index (χ0v) is 9.76. The number of nitrogens with one attached hydrogen (secondary N) is 1. The summed E-state index contributed by atoms with van der Waals surface area (Å²) in [7, 11) is 2.13. The molecular formula is C11H15N5O. The van der Waals surface area contributed by atoms with Crippen LogP contribution in [0.15, 0.2) is 17.3 Å². The summed E-state index contributed by atoms with van der Waals surface area (Å²) in [6.07, 6.45) is 5.44. The molecule has 0 atom stereocenters. The molecule has 90 valence electrons. The Morgan fingerprint density at radius 2 is 2.18 bits per heavy atom. The molecule has 0 radical (unpaired) electrons. The molecule has 0 unspecified atom stereocenters. The number of fused-ring (bicyclic) bond motifs is 1. The summed E-state index contributed by atoms with van der Waals surface area (Å²) >= 11 is 0. The molecule has 0 aliphatic carbocycles. The fourth-order valence-electron chi connectivity index (χ4n) is 2.31. The molecule has 0 bridgehead atoms. The van der Waals surface area contributed by atoms with Crippen molar-refractivity contribution in [3.05, 3.63) is 22.9 Å². The molecule has 6 heteroatoms. The Bertz CT molecular complexity index is 579. The number of hydrogen-bond donors (Lipinski definition) is 1. The van der Waals surface area contributed by atoms with Crippen molar-refractivity contribution in [2.24, 2.45) is 0 Å². The van der Waals surface area contributed by atoms with E-state index in [-0.39, 0.29) is 5.56 Å². The number of aromatic nitrogens is 4. The van der Waals surface area contributed by atoms with Gasteiger partial charge in [-0.15, -0.1) is 0 Å². The summed E-state index contributed by atoms with van der Waals surface area (Å²) in [6, 6.07) is 0.389. The molecule has 0 aromatic carbocycles. The summed E-state index contributed by atoms with van der Waals surface area (Å²) in [4.78, 5) is 20.5. The molecule has 0 amide bonds. The zero-order valence-electron chi connectivity index (χ0n) is 9.76. The molecule has 3 heterocycles. The van der Waals surface area contributed by atoms with Crippen molar-refractivity contribution < 1.29 is 0 Å². The van der Waals surface area contributed by atoms with E-state index in [1.807, 2.05) is 10.9 Å². The van der Waals surface area contributed by atoms with E-state index in [9.17, 15) is 4.79 Å². The molecule has 2 aromatic heterocycles. The minimum atomic E-state index is -0.165. The van der Waals surface area contributed by atoms with Crippen LogP contribution in [0.1, 0.15) is 18.9 Å². The number of hydrogen-bond acceptors (Lipinski definition) is 4. The van der Waals surface area contributed by atoms with E-state index in [0.717, 1.165) is 25.9 Å². The number of H-pyrrole nitrogens is 1. The van der Waals surface area contributed by atoms with Gasteiger partial charge in [0.1, 0.15) is 5.52 Å². The van der Waals surface area contributed by atoms with Crippen molar-refractivity contribution in [2.45, 2.75) is 18.9 Å². The van der Waals surface area contributed by atoms with Crippen LogP contribution in [0, 0.1) is 0 Å². The highest BCUT2D eigenvalue weighted by Gasteiger charge is 2.19. The average Bonchev–Trinajstić information content (AvgIpc) is 2.75. The number of rotatable bonds is 1. The van der Waals surface area contributed by atoms with Crippen LogP contribution in [0.25, 0.3) is 11.0 Å². The van der Waals surface area contributed by atoms with E-state index in [1.54, 1.807) is 0 Å². The lowest BCUT2D eigenvalue weighted by Crippen LogP contribution is -2.31. The zero-order chi connectivity index (χ0) is 11.8. The standard InChI is InChI=1S/C11H15N5O/c1-15-4-2-8(3-5-15)16-6-9-10(14-16)11(17)13-7-12-9/h6-8H,2-5H2,1H3,(H,12,13,17). The summed E-state index contributed by atoms with van der Waals surface area (Å²) in [5.74, 6) is 0. The van der Waals surface area contributed by atoms with Crippen LogP contribution in [0.3, 0.4) is 0 Å². The van der Waals surface area contributed by atoms with Gasteiger partial charge in [0.2, 0.25) is 0 Å². The highest BCUT2D eigenvalue weighted by atomic mass is 16.1. The van der Waals surface area contributed by atoms with Gasteiger partial charge in [0.05, 0.1) is 18.6 Å². The minimum Gasteiger partial charge on any atom is -0.311 e. The Morgan fingerprint density at radius 1 is 1.41 bits per heavy atom. The maximum atomic E-state index is 11.5. The molecule has 1 fully saturated rings. The van der Waals surface area contributed by atoms with Crippen molar-refractivity contribution in [3.63, 3.8) is 0 Å². The first kappa shape index (κ1) is 10.5. The first-order valence-electron chi connectivity index (χ1n) is 5.85. The first-order chi connectivity index (χ1) is 8.24. The predicted octanol–water partition coefficient (Wildman–Crippen LogP) is 0.386. The second-order valence-corrected chi connectivity index (χ2v) is 4.61. The highest BCUT2D eigenvalue weighted by molar-refractivity contribution is 5.71. The lowest BCUT2D eigenvalue weighted by Gasteiger charge is -2.28. The maximum absolute atomic E-state index is 11.5. The second kappa shape index (κ2) is 3.96. The van der Waals surface area contributed by atoms with Crippen LogP contribution in [-0.4, -0.2) is 44.8 Å². The van der Waals surface area contributed by atoms with Crippen LogP contribution in [0.2, 0.25) is 0 Å². The lowest BCUT2D eigenvalue weighted by atomic mass is 10.1. The summed E-state index contributed by atoms with van der Waals surface area (Å²) < 4.78 is 1.90. The molecule has 2 aromatic rings. The van der Waals surface area contributed by atoms with Gasteiger partial charge in [0, 0.05) is 0 Å². The van der Waals surface area contributed by atoms with Crippen molar-refractivity contribution in [2.75, 3.05) is 20.1 Å². The molecule has 1 aliphatic heterocycles. The fraction of sp³-hybridized carbons (Fsp3) is 0.545. The number of nitrogens with zero attached hydrogens (tertiary/aromatic N) is 4. The summed E-state index contributed by atoms with van der Waals surface area (Å²) in [6.45, 7) is 2.15. The van der Waals surface area contributed by atoms with Crippen LogP contribution in [0.5, 0.6) is 0 Å². The Hall–Kier alpha value is -1.69. The third-order valence-electron chi connectivity index (χ3n) is 3.39. The van der Waals surface area contributed by atoms with Crippen LogP contribution in [-0.2, 0) is 0 Å². The molecule has 1 N–H and O–H groups in total. The van der Waals surface area contributed by atoms with E-state index in [2.05, 4.69) is 27.0 Å². The Labute approximate surface area is 98.3 Å². The SMILES string of the molecule is CN1CCC(n2cc3nc[nH]c(=O)c3n2)CC1. The molecule has 17 heavy (non-hydrogen) atoms.